The second-order valence-electron chi connectivity index (χ2n) is 11.2. The fourth-order valence-corrected chi connectivity index (χ4v) is 5.63. The zero-order chi connectivity index (χ0) is 31.7. The molecular weight excluding hydrogens is 603 g/mol. The van der Waals surface area contributed by atoms with E-state index in [1.54, 1.807) is 35.0 Å². The lowest BCUT2D eigenvalue weighted by Gasteiger charge is -2.25. The minimum atomic E-state index is -4.44. The molecule has 0 saturated carbocycles. The van der Waals surface area contributed by atoms with Gasteiger partial charge in [-0.15, -0.1) is 12.4 Å². The molecule has 3 N–H and O–H groups in total. The number of aliphatic hydroxyl groups is 1. The molecule has 0 unspecified atom stereocenters. The number of pyridine rings is 1. The molecule has 0 radical (unpaired) electrons. The van der Waals surface area contributed by atoms with Crippen LogP contribution >= 0.6 is 12.4 Å². The SMILES string of the molecule is CCCC(CCC)n1ccc2c(C(=O)N[C@@H](Cc3ccccc3)[C@@H](O)CNCc3cccc(C(F)(F)F)c3)cccc2c1=O.Cl. The molecule has 0 bridgehead atoms. The molecule has 2 atom stereocenters. The number of aromatic nitrogens is 1. The summed E-state index contributed by atoms with van der Waals surface area (Å²) in [7, 11) is 0. The van der Waals surface area contributed by atoms with E-state index in [9.17, 15) is 27.9 Å². The number of nitrogens with one attached hydrogen (secondary N) is 2. The zero-order valence-electron chi connectivity index (χ0n) is 25.5. The molecule has 0 saturated heterocycles. The summed E-state index contributed by atoms with van der Waals surface area (Å²) >= 11 is 0. The highest BCUT2D eigenvalue weighted by molar-refractivity contribution is 6.06. The first-order chi connectivity index (χ1) is 21.1. The van der Waals surface area contributed by atoms with Crippen molar-refractivity contribution in [3.8, 4) is 0 Å². The lowest BCUT2D eigenvalue weighted by atomic mass is 9.99. The topological polar surface area (TPSA) is 83.4 Å². The van der Waals surface area contributed by atoms with Crippen molar-refractivity contribution in [2.75, 3.05) is 6.54 Å². The Morgan fingerprint density at radius 3 is 2.22 bits per heavy atom. The Morgan fingerprint density at radius 2 is 1.56 bits per heavy atom. The van der Waals surface area contributed by atoms with Gasteiger partial charge in [0.15, 0.2) is 0 Å². The van der Waals surface area contributed by atoms with Crippen LogP contribution in [-0.2, 0) is 19.1 Å². The highest BCUT2D eigenvalue weighted by Gasteiger charge is 2.30. The van der Waals surface area contributed by atoms with Gasteiger partial charge in [0.25, 0.3) is 11.5 Å². The maximum Gasteiger partial charge on any atom is 0.416 e. The van der Waals surface area contributed by atoms with Gasteiger partial charge in [-0.05, 0) is 54.7 Å². The zero-order valence-corrected chi connectivity index (χ0v) is 26.3. The molecule has 4 rings (SSSR count). The highest BCUT2D eigenvalue weighted by Crippen LogP contribution is 2.29. The van der Waals surface area contributed by atoms with Crippen LogP contribution in [0, 0.1) is 0 Å². The smallest absolute Gasteiger partial charge is 0.390 e. The number of benzene rings is 3. The van der Waals surface area contributed by atoms with Crippen LogP contribution in [0.2, 0.25) is 0 Å². The number of nitrogens with zero attached hydrogens (tertiary/aromatic N) is 1. The number of alkyl halides is 3. The highest BCUT2D eigenvalue weighted by atomic mass is 35.5. The summed E-state index contributed by atoms with van der Waals surface area (Å²) in [5.41, 5.74) is 0.783. The van der Waals surface area contributed by atoms with Gasteiger partial charge in [0.2, 0.25) is 0 Å². The molecule has 242 valence electrons. The maximum absolute atomic E-state index is 13.7. The normalized spacial score (nSPS) is 13.0. The largest absolute Gasteiger partial charge is 0.416 e. The van der Waals surface area contributed by atoms with Gasteiger partial charge in [0.1, 0.15) is 0 Å². The lowest BCUT2D eigenvalue weighted by molar-refractivity contribution is -0.137. The Balaban J connectivity index is 0.00000552. The van der Waals surface area contributed by atoms with Crippen LogP contribution in [0.3, 0.4) is 0 Å². The Kier molecular flexibility index (Phi) is 13.2. The standard InChI is InChI=1S/C35H40F3N3O3.ClH/c1-3-10-27(11-4-2)41-19-18-28-29(16-9-17-30(28)34(41)44)33(43)40-31(21-24-12-6-5-7-13-24)32(42)23-39-22-25-14-8-15-26(20-25)35(36,37)38;/h5-9,12-20,27,31-32,39,42H,3-4,10-11,21-23H2,1-2H3,(H,40,43);1H/t31-,32-;/m0./s1. The quantitative estimate of drug-likeness (QED) is 0.137. The van der Waals surface area contributed by atoms with Gasteiger partial charge in [0, 0.05) is 41.7 Å². The van der Waals surface area contributed by atoms with Crippen LogP contribution in [0.5, 0.6) is 0 Å². The Morgan fingerprint density at radius 1 is 0.889 bits per heavy atom. The predicted molar refractivity (Wildman–Crippen MR) is 175 cm³/mol. The number of amides is 1. The molecule has 45 heavy (non-hydrogen) atoms. The summed E-state index contributed by atoms with van der Waals surface area (Å²) in [6, 6.07) is 20.7. The molecule has 3 aromatic carbocycles. The van der Waals surface area contributed by atoms with Crippen LogP contribution in [0.1, 0.15) is 72.6 Å². The van der Waals surface area contributed by atoms with E-state index >= 15 is 0 Å². The molecule has 0 aliphatic carbocycles. The van der Waals surface area contributed by atoms with E-state index < -0.39 is 29.8 Å². The molecule has 0 spiro atoms. The molecule has 0 fully saturated rings. The molecule has 0 aliphatic heterocycles. The number of halogens is 4. The van der Waals surface area contributed by atoms with Gasteiger partial charge in [-0.1, -0.05) is 81.3 Å². The van der Waals surface area contributed by atoms with Crippen molar-refractivity contribution in [1.29, 1.82) is 0 Å². The monoisotopic (exact) mass is 643 g/mol. The third-order valence-corrected chi connectivity index (χ3v) is 7.87. The van der Waals surface area contributed by atoms with Gasteiger partial charge in [-0.3, -0.25) is 9.59 Å². The van der Waals surface area contributed by atoms with Crippen molar-refractivity contribution in [2.45, 2.75) is 76.9 Å². The van der Waals surface area contributed by atoms with Crippen LogP contribution in [0.4, 0.5) is 13.2 Å². The average molecular weight is 644 g/mol. The van der Waals surface area contributed by atoms with E-state index in [2.05, 4.69) is 24.5 Å². The predicted octanol–water partition coefficient (Wildman–Crippen LogP) is 7.08. The molecule has 1 aromatic heterocycles. The number of carbonyl (C=O) groups is 1. The molecule has 1 amide bonds. The fourth-order valence-electron chi connectivity index (χ4n) is 5.63. The average Bonchev–Trinajstić information content (AvgIpc) is 3.01. The molecule has 4 aromatic rings. The van der Waals surface area contributed by atoms with E-state index in [4.69, 9.17) is 0 Å². The van der Waals surface area contributed by atoms with E-state index in [1.165, 1.54) is 6.07 Å². The fraction of sp³-hybridized carbons (Fsp3) is 0.371. The van der Waals surface area contributed by atoms with Gasteiger partial charge in [0.05, 0.1) is 17.7 Å². The molecule has 10 heteroatoms. The van der Waals surface area contributed by atoms with E-state index in [0.29, 0.717) is 28.3 Å². The first-order valence-corrected chi connectivity index (χ1v) is 15.2. The van der Waals surface area contributed by atoms with Gasteiger partial charge >= 0.3 is 6.18 Å². The molecule has 1 heterocycles. The van der Waals surface area contributed by atoms with Crippen molar-refractivity contribution in [3.05, 3.63) is 118 Å². The summed E-state index contributed by atoms with van der Waals surface area (Å²) in [4.78, 5) is 27.2. The maximum atomic E-state index is 13.7. The van der Waals surface area contributed by atoms with Crippen molar-refractivity contribution in [1.82, 2.24) is 15.2 Å². The number of aliphatic hydroxyl groups excluding tert-OH is 1. The van der Waals surface area contributed by atoms with Gasteiger partial charge in [-0.25, -0.2) is 0 Å². The van der Waals surface area contributed by atoms with Crippen LogP contribution < -0.4 is 16.2 Å². The second-order valence-corrected chi connectivity index (χ2v) is 11.2. The summed E-state index contributed by atoms with van der Waals surface area (Å²) in [5.74, 6) is -0.427. The number of hydrogen-bond acceptors (Lipinski definition) is 4. The second kappa shape index (κ2) is 16.6. The van der Waals surface area contributed by atoms with Crippen LogP contribution in [0.15, 0.2) is 89.9 Å². The summed E-state index contributed by atoms with van der Waals surface area (Å²) < 4.78 is 41.1. The number of rotatable bonds is 14. The van der Waals surface area contributed by atoms with Crippen molar-refractivity contribution >= 4 is 29.1 Å². The summed E-state index contributed by atoms with van der Waals surface area (Å²) in [6.07, 6.45) is 0.288. The Labute approximate surface area is 268 Å². The van der Waals surface area contributed by atoms with Crippen molar-refractivity contribution in [3.63, 3.8) is 0 Å². The molecule has 6 nitrogen and oxygen atoms in total. The number of fused-ring (bicyclic) bond motifs is 1. The van der Waals surface area contributed by atoms with Crippen molar-refractivity contribution in [2.24, 2.45) is 0 Å². The summed E-state index contributed by atoms with van der Waals surface area (Å²) in [5, 5.41) is 18.2. The summed E-state index contributed by atoms with van der Waals surface area (Å²) in [6.45, 7) is 4.33. The third-order valence-electron chi connectivity index (χ3n) is 7.87. The first kappa shape index (κ1) is 35.8. The molecular formula is C35H41ClF3N3O3. The van der Waals surface area contributed by atoms with Gasteiger partial charge < -0.3 is 20.3 Å². The van der Waals surface area contributed by atoms with E-state index in [0.717, 1.165) is 43.4 Å². The Hall–Kier alpha value is -3.66. The van der Waals surface area contributed by atoms with Crippen molar-refractivity contribution < 1.29 is 23.1 Å². The first-order valence-electron chi connectivity index (χ1n) is 15.2. The van der Waals surface area contributed by atoms with Crippen LogP contribution in [-0.4, -0.2) is 34.3 Å². The van der Waals surface area contributed by atoms with E-state index in [1.807, 2.05) is 36.4 Å². The third kappa shape index (κ3) is 9.42. The minimum absolute atomic E-state index is 0. The van der Waals surface area contributed by atoms with Gasteiger partial charge in [-0.2, -0.15) is 13.2 Å². The lowest BCUT2D eigenvalue weighted by Crippen LogP contribution is -2.48. The Bertz CT molecular complexity index is 1590. The minimum Gasteiger partial charge on any atom is -0.390 e. The molecule has 0 aliphatic rings. The van der Waals surface area contributed by atoms with Crippen LogP contribution in [0.25, 0.3) is 10.8 Å². The number of hydrogen-bond donors (Lipinski definition) is 3. The number of carbonyl (C=O) groups excluding carboxylic acids is 1. The van der Waals surface area contributed by atoms with E-state index in [-0.39, 0.29) is 37.1 Å².